The fourth-order valence-corrected chi connectivity index (χ4v) is 2.68. The lowest BCUT2D eigenvalue weighted by Crippen LogP contribution is -2.26. The molecule has 2 rings (SSSR count). The Hall–Kier alpha value is -2.90. The number of aryl methyl sites for hydroxylation is 1. The number of carbonyl (C=O) groups excluding carboxylic acids is 1. The maximum Gasteiger partial charge on any atom is 0.422 e. The van der Waals surface area contributed by atoms with Gasteiger partial charge in [0.2, 0.25) is 5.91 Å². The van der Waals surface area contributed by atoms with Gasteiger partial charge in [-0.15, -0.1) is 0 Å². The molecule has 0 aliphatic carbocycles. The van der Waals surface area contributed by atoms with Gasteiger partial charge in [0.15, 0.2) is 18.1 Å². The van der Waals surface area contributed by atoms with Gasteiger partial charge in [-0.25, -0.2) is 0 Å². The van der Waals surface area contributed by atoms with E-state index in [4.69, 9.17) is 14.2 Å². The Morgan fingerprint density at radius 1 is 0.966 bits per heavy atom. The first-order chi connectivity index (χ1) is 13.7. The topological polar surface area (TPSA) is 48.0 Å². The molecule has 0 N–H and O–H groups in total. The quantitative estimate of drug-likeness (QED) is 0.620. The van der Waals surface area contributed by atoms with E-state index in [0.717, 1.165) is 16.9 Å². The molecule has 158 valence electrons. The predicted octanol–water partition coefficient (Wildman–Crippen LogP) is 4.24. The van der Waals surface area contributed by atoms with Gasteiger partial charge in [0.25, 0.3) is 0 Å². The zero-order chi connectivity index (χ0) is 21.4. The molecular formula is C21H24F3NO4. The van der Waals surface area contributed by atoms with Gasteiger partial charge in [0.05, 0.1) is 14.2 Å². The van der Waals surface area contributed by atoms with Crippen molar-refractivity contribution in [2.75, 3.05) is 27.9 Å². The van der Waals surface area contributed by atoms with Crippen LogP contribution in [0.5, 0.6) is 17.2 Å². The highest BCUT2D eigenvalue weighted by Gasteiger charge is 2.29. The summed E-state index contributed by atoms with van der Waals surface area (Å²) in [5, 5.41) is 0. The standard InChI is InChI=1S/C21H24F3NO4/c1-25(13-16-4-8-17(27-2)9-5-16)20(26)11-7-15-6-10-18(19(12-15)28-3)29-14-21(22,23)24/h4-6,8-10,12H,7,11,13-14H2,1-3H3. The van der Waals surface area contributed by atoms with E-state index in [9.17, 15) is 18.0 Å². The Balaban J connectivity index is 1.91. The third-order valence-corrected chi connectivity index (χ3v) is 4.25. The van der Waals surface area contributed by atoms with Gasteiger partial charge in [-0.1, -0.05) is 18.2 Å². The van der Waals surface area contributed by atoms with Crippen molar-refractivity contribution >= 4 is 5.91 Å². The van der Waals surface area contributed by atoms with Crippen LogP contribution < -0.4 is 14.2 Å². The molecule has 0 aliphatic rings. The number of ether oxygens (including phenoxy) is 3. The Bertz CT molecular complexity index is 807. The number of amides is 1. The van der Waals surface area contributed by atoms with E-state index in [1.807, 2.05) is 24.3 Å². The monoisotopic (exact) mass is 411 g/mol. The average Bonchev–Trinajstić information content (AvgIpc) is 2.70. The number of hydrogen-bond donors (Lipinski definition) is 0. The van der Waals surface area contributed by atoms with E-state index in [0.29, 0.717) is 13.0 Å². The van der Waals surface area contributed by atoms with Crippen LogP contribution in [0.1, 0.15) is 17.5 Å². The zero-order valence-corrected chi connectivity index (χ0v) is 16.6. The van der Waals surface area contributed by atoms with Crippen LogP contribution in [0.2, 0.25) is 0 Å². The molecule has 1 amide bonds. The Kier molecular flexibility index (Phi) is 7.75. The lowest BCUT2D eigenvalue weighted by molar-refractivity contribution is -0.153. The molecule has 0 atom stereocenters. The molecule has 0 aliphatic heterocycles. The van der Waals surface area contributed by atoms with Gasteiger partial charge in [0.1, 0.15) is 5.75 Å². The van der Waals surface area contributed by atoms with Crippen molar-refractivity contribution in [2.45, 2.75) is 25.6 Å². The smallest absolute Gasteiger partial charge is 0.422 e. The van der Waals surface area contributed by atoms with Crippen LogP contribution >= 0.6 is 0 Å². The molecule has 8 heteroatoms. The summed E-state index contributed by atoms with van der Waals surface area (Å²) in [6.45, 7) is -0.923. The molecule has 2 aromatic rings. The van der Waals surface area contributed by atoms with Crippen LogP contribution in [0.15, 0.2) is 42.5 Å². The number of methoxy groups -OCH3 is 2. The van der Waals surface area contributed by atoms with Crippen molar-refractivity contribution in [1.29, 1.82) is 0 Å². The summed E-state index contributed by atoms with van der Waals surface area (Å²) in [4.78, 5) is 14.0. The normalized spacial score (nSPS) is 11.1. The van der Waals surface area contributed by atoms with E-state index < -0.39 is 12.8 Å². The molecule has 2 aromatic carbocycles. The molecule has 0 heterocycles. The predicted molar refractivity (Wildman–Crippen MR) is 102 cm³/mol. The number of hydrogen-bond acceptors (Lipinski definition) is 4. The second-order valence-electron chi connectivity index (χ2n) is 6.49. The average molecular weight is 411 g/mol. The number of halogens is 3. The number of benzene rings is 2. The van der Waals surface area contributed by atoms with E-state index in [2.05, 4.69) is 0 Å². The Labute approximate surface area is 168 Å². The van der Waals surface area contributed by atoms with E-state index in [-0.39, 0.29) is 23.8 Å². The summed E-state index contributed by atoms with van der Waals surface area (Å²) in [6.07, 6.45) is -3.73. The molecule has 0 bridgehead atoms. The lowest BCUT2D eigenvalue weighted by atomic mass is 10.1. The molecular weight excluding hydrogens is 387 g/mol. The minimum atomic E-state index is -4.43. The fraction of sp³-hybridized carbons (Fsp3) is 0.381. The van der Waals surface area contributed by atoms with Crippen molar-refractivity contribution in [3.63, 3.8) is 0 Å². The molecule has 0 fully saturated rings. The van der Waals surface area contributed by atoms with E-state index in [1.54, 1.807) is 31.2 Å². The van der Waals surface area contributed by atoms with Crippen LogP contribution in [0.4, 0.5) is 13.2 Å². The Morgan fingerprint density at radius 2 is 1.62 bits per heavy atom. The molecule has 0 saturated carbocycles. The van der Waals surface area contributed by atoms with Crippen molar-refractivity contribution in [1.82, 2.24) is 4.90 Å². The highest BCUT2D eigenvalue weighted by Crippen LogP contribution is 2.30. The minimum Gasteiger partial charge on any atom is -0.497 e. The zero-order valence-electron chi connectivity index (χ0n) is 16.6. The van der Waals surface area contributed by atoms with Gasteiger partial charge >= 0.3 is 6.18 Å². The number of nitrogens with zero attached hydrogens (tertiary/aromatic N) is 1. The summed E-state index contributed by atoms with van der Waals surface area (Å²) in [5.41, 5.74) is 1.75. The van der Waals surface area contributed by atoms with Crippen molar-refractivity contribution in [3.05, 3.63) is 53.6 Å². The van der Waals surface area contributed by atoms with Crippen molar-refractivity contribution in [3.8, 4) is 17.2 Å². The summed E-state index contributed by atoms with van der Waals surface area (Å²) < 4.78 is 51.9. The van der Waals surface area contributed by atoms with Gasteiger partial charge in [0, 0.05) is 20.0 Å². The SMILES string of the molecule is COc1ccc(CN(C)C(=O)CCc2ccc(OCC(F)(F)F)c(OC)c2)cc1. The van der Waals surface area contributed by atoms with Crippen molar-refractivity contribution in [2.24, 2.45) is 0 Å². The summed E-state index contributed by atoms with van der Waals surface area (Å²) in [6, 6.07) is 12.1. The summed E-state index contributed by atoms with van der Waals surface area (Å²) in [5.74, 6) is 0.916. The lowest BCUT2D eigenvalue weighted by Gasteiger charge is -2.18. The van der Waals surface area contributed by atoms with Crippen molar-refractivity contribution < 1.29 is 32.2 Å². The molecule has 0 aromatic heterocycles. The molecule has 0 spiro atoms. The van der Waals surface area contributed by atoms with Crippen LogP contribution in [-0.4, -0.2) is 44.9 Å². The number of alkyl halides is 3. The van der Waals surface area contributed by atoms with Crippen LogP contribution in [-0.2, 0) is 17.8 Å². The second-order valence-corrected chi connectivity index (χ2v) is 6.49. The van der Waals surface area contributed by atoms with E-state index in [1.165, 1.54) is 13.2 Å². The largest absolute Gasteiger partial charge is 0.497 e. The molecule has 0 unspecified atom stereocenters. The second kappa shape index (κ2) is 10.0. The van der Waals surface area contributed by atoms with Crippen LogP contribution in [0.25, 0.3) is 0 Å². The number of rotatable bonds is 9. The summed E-state index contributed by atoms with van der Waals surface area (Å²) >= 11 is 0. The van der Waals surface area contributed by atoms with Crippen LogP contribution in [0, 0.1) is 0 Å². The van der Waals surface area contributed by atoms with Gasteiger partial charge in [-0.05, 0) is 41.8 Å². The third kappa shape index (κ3) is 7.21. The van der Waals surface area contributed by atoms with Gasteiger partial charge in [-0.2, -0.15) is 13.2 Å². The molecule has 0 saturated heterocycles. The fourth-order valence-electron chi connectivity index (χ4n) is 2.68. The highest BCUT2D eigenvalue weighted by atomic mass is 19.4. The maximum absolute atomic E-state index is 12.4. The van der Waals surface area contributed by atoms with Gasteiger partial charge in [-0.3, -0.25) is 4.79 Å². The first-order valence-corrected chi connectivity index (χ1v) is 8.95. The Morgan fingerprint density at radius 3 is 2.21 bits per heavy atom. The van der Waals surface area contributed by atoms with E-state index >= 15 is 0 Å². The maximum atomic E-state index is 12.4. The molecule has 0 radical (unpaired) electrons. The minimum absolute atomic E-state index is 0.0107. The molecule has 29 heavy (non-hydrogen) atoms. The molecule has 5 nitrogen and oxygen atoms in total. The third-order valence-electron chi connectivity index (χ3n) is 4.25. The highest BCUT2D eigenvalue weighted by molar-refractivity contribution is 5.76. The van der Waals surface area contributed by atoms with Gasteiger partial charge < -0.3 is 19.1 Å². The van der Waals surface area contributed by atoms with Crippen LogP contribution in [0.3, 0.4) is 0 Å². The first-order valence-electron chi connectivity index (χ1n) is 8.95. The first kappa shape index (κ1) is 22.4. The number of carbonyl (C=O) groups is 1. The summed E-state index contributed by atoms with van der Waals surface area (Å²) in [7, 11) is 4.67.